The van der Waals surface area contributed by atoms with Gasteiger partial charge in [-0.05, 0) is 6.42 Å². The lowest BCUT2D eigenvalue weighted by Gasteiger charge is -1.99. The number of rotatable bonds is 11. The molecule has 0 fully saturated rings. The Bertz CT molecular complexity index is 304. The first-order valence-electron chi connectivity index (χ1n) is 6.87. The molecule has 1 aromatic rings. The number of nitrogens with zero attached hydrogens (tertiary/aromatic N) is 2. The van der Waals surface area contributed by atoms with E-state index in [9.17, 15) is 0 Å². The molecule has 1 heterocycles. The van der Waals surface area contributed by atoms with Gasteiger partial charge in [-0.1, -0.05) is 32.6 Å². The van der Waals surface area contributed by atoms with Crippen LogP contribution >= 0.6 is 11.3 Å². The van der Waals surface area contributed by atoms with E-state index in [1.165, 1.54) is 37.1 Å². The van der Waals surface area contributed by atoms with Crippen LogP contribution in [0, 0.1) is 0 Å². The summed E-state index contributed by atoms with van der Waals surface area (Å²) < 4.78 is 4.98. The molecule has 0 amide bonds. The molecule has 0 aliphatic rings. The fourth-order valence-corrected chi connectivity index (χ4v) is 2.57. The molecule has 0 saturated heterocycles. The average molecular weight is 271 g/mol. The average Bonchev–Trinajstić information content (AvgIpc) is 2.82. The Labute approximate surface area is 114 Å². The van der Waals surface area contributed by atoms with Crippen molar-refractivity contribution in [3.8, 4) is 0 Å². The van der Waals surface area contributed by atoms with Crippen LogP contribution in [0.5, 0.6) is 0 Å². The number of unbranched alkanes of at least 4 members (excludes halogenated alkanes) is 4. The topological polar surface area (TPSA) is 47.0 Å². The van der Waals surface area contributed by atoms with Gasteiger partial charge < -0.3 is 10.1 Å². The zero-order chi connectivity index (χ0) is 13.1. The van der Waals surface area contributed by atoms with Gasteiger partial charge in [0.15, 0.2) is 0 Å². The predicted octanol–water partition coefficient (Wildman–Crippen LogP) is 2.79. The molecule has 0 aliphatic heterocycles. The Balaban J connectivity index is 2.10. The maximum absolute atomic E-state index is 4.98. The Morgan fingerprint density at radius 1 is 1.11 bits per heavy atom. The van der Waals surface area contributed by atoms with Crippen molar-refractivity contribution in [3.63, 3.8) is 0 Å². The second-order valence-corrected chi connectivity index (χ2v) is 5.57. The van der Waals surface area contributed by atoms with Crippen molar-refractivity contribution in [1.29, 1.82) is 0 Å². The summed E-state index contributed by atoms with van der Waals surface area (Å²) in [6.45, 7) is 4.65. The van der Waals surface area contributed by atoms with Gasteiger partial charge in [0.25, 0.3) is 0 Å². The fourth-order valence-electron chi connectivity index (χ4n) is 1.71. The van der Waals surface area contributed by atoms with Crippen molar-refractivity contribution in [2.45, 2.75) is 52.0 Å². The van der Waals surface area contributed by atoms with E-state index in [2.05, 4.69) is 22.4 Å². The second-order valence-electron chi connectivity index (χ2n) is 4.42. The normalized spacial score (nSPS) is 11.0. The van der Waals surface area contributed by atoms with Crippen molar-refractivity contribution in [2.24, 2.45) is 0 Å². The number of nitrogens with one attached hydrogen (secondary N) is 1. The number of aromatic nitrogens is 2. The fraction of sp³-hybridized carbons (Fsp3) is 0.846. The zero-order valence-electron chi connectivity index (χ0n) is 11.6. The molecule has 1 rings (SSSR count). The van der Waals surface area contributed by atoms with Crippen molar-refractivity contribution < 1.29 is 4.74 Å². The van der Waals surface area contributed by atoms with Gasteiger partial charge in [0, 0.05) is 26.6 Å². The van der Waals surface area contributed by atoms with Crippen molar-refractivity contribution in [2.75, 3.05) is 20.3 Å². The molecule has 1 aromatic heterocycles. The maximum atomic E-state index is 4.98. The van der Waals surface area contributed by atoms with E-state index in [0.29, 0.717) is 0 Å². The first-order valence-corrected chi connectivity index (χ1v) is 7.69. The van der Waals surface area contributed by atoms with E-state index in [1.54, 1.807) is 18.4 Å². The molecule has 0 radical (unpaired) electrons. The largest absolute Gasteiger partial charge is 0.383 e. The highest BCUT2D eigenvalue weighted by atomic mass is 32.1. The first kappa shape index (κ1) is 15.5. The van der Waals surface area contributed by atoms with E-state index < -0.39 is 0 Å². The molecule has 0 atom stereocenters. The Kier molecular flexibility index (Phi) is 8.98. The molecule has 5 heteroatoms. The van der Waals surface area contributed by atoms with Crippen LogP contribution in [0.4, 0.5) is 0 Å². The van der Waals surface area contributed by atoms with Gasteiger partial charge in [-0.15, -0.1) is 21.5 Å². The highest BCUT2D eigenvalue weighted by Gasteiger charge is 2.03. The van der Waals surface area contributed by atoms with Crippen molar-refractivity contribution in [3.05, 3.63) is 10.0 Å². The van der Waals surface area contributed by atoms with Crippen LogP contribution in [0.25, 0.3) is 0 Å². The molecule has 0 bridgehead atoms. The van der Waals surface area contributed by atoms with Crippen LogP contribution in [0.2, 0.25) is 0 Å². The summed E-state index contributed by atoms with van der Waals surface area (Å²) in [5, 5.41) is 14.0. The van der Waals surface area contributed by atoms with Gasteiger partial charge in [0.05, 0.1) is 6.61 Å². The van der Waals surface area contributed by atoms with Gasteiger partial charge in [0.2, 0.25) is 0 Å². The van der Waals surface area contributed by atoms with Gasteiger partial charge in [-0.2, -0.15) is 0 Å². The predicted molar refractivity (Wildman–Crippen MR) is 76.0 cm³/mol. The SMILES string of the molecule is CCCCCCCc1nnc(CNCCOC)s1. The molecule has 0 spiro atoms. The number of hydrogen-bond donors (Lipinski definition) is 1. The lowest BCUT2D eigenvalue weighted by atomic mass is 10.1. The quantitative estimate of drug-likeness (QED) is 0.629. The molecule has 4 nitrogen and oxygen atoms in total. The summed E-state index contributed by atoms with van der Waals surface area (Å²) in [6.07, 6.45) is 7.64. The highest BCUT2D eigenvalue weighted by molar-refractivity contribution is 7.11. The van der Waals surface area contributed by atoms with E-state index in [0.717, 1.165) is 31.1 Å². The van der Waals surface area contributed by atoms with Gasteiger partial charge in [0.1, 0.15) is 10.0 Å². The summed E-state index contributed by atoms with van der Waals surface area (Å²) in [7, 11) is 1.71. The van der Waals surface area contributed by atoms with E-state index in [1.807, 2.05) is 0 Å². The summed E-state index contributed by atoms with van der Waals surface area (Å²) >= 11 is 1.73. The van der Waals surface area contributed by atoms with E-state index in [-0.39, 0.29) is 0 Å². The molecule has 104 valence electrons. The van der Waals surface area contributed by atoms with Crippen molar-refractivity contribution >= 4 is 11.3 Å². The van der Waals surface area contributed by atoms with E-state index in [4.69, 9.17) is 4.74 Å². The van der Waals surface area contributed by atoms with Crippen LogP contribution < -0.4 is 5.32 Å². The van der Waals surface area contributed by atoms with Crippen LogP contribution in [0.15, 0.2) is 0 Å². The molecule has 18 heavy (non-hydrogen) atoms. The van der Waals surface area contributed by atoms with E-state index >= 15 is 0 Å². The third kappa shape index (κ3) is 7.03. The number of hydrogen-bond acceptors (Lipinski definition) is 5. The maximum Gasteiger partial charge on any atom is 0.131 e. The van der Waals surface area contributed by atoms with Crippen molar-refractivity contribution in [1.82, 2.24) is 15.5 Å². The zero-order valence-corrected chi connectivity index (χ0v) is 12.4. The third-order valence-electron chi connectivity index (χ3n) is 2.76. The lowest BCUT2D eigenvalue weighted by Crippen LogP contribution is -2.18. The molecule has 0 saturated carbocycles. The Morgan fingerprint density at radius 3 is 2.67 bits per heavy atom. The van der Waals surface area contributed by atoms with Crippen LogP contribution in [0.3, 0.4) is 0 Å². The smallest absolute Gasteiger partial charge is 0.131 e. The van der Waals surface area contributed by atoms with Gasteiger partial charge in [-0.3, -0.25) is 0 Å². The third-order valence-corrected chi connectivity index (χ3v) is 3.75. The van der Waals surface area contributed by atoms with Crippen LogP contribution in [-0.2, 0) is 17.7 Å². The van der Waals surface area contributed by atoms with Gasteiger partial charge in [-0.25, -0.2) is 0 Å². The minimum absolute atomic E-state index is 0.739. The van der Waals surface area contributed by atoms with Crippen LogP contribution in [-0.4, -0.2) is 30.5 Å². The summed E-state index contributed by atoms with van der Waals surface area (Å²) in [5.74, 6) is 0. The number of aryl methyl sites for hydroxylation is 1. The first-order chi connectivity index (χ1) is 8.86. The molecule has 0 aliphatic carbocycles. The molecular weight excluding hydrogens is 246 g/mol. The standard InChI is InChI=1S/C13H25N3OS/c1-3-4-5-6-7-8-12-15-16-13(18-12)11-14-9-10-17-2/h14H,3-11H2,1-2H3. The second kappa shape index (κ2) is 10.4. The summed E-state index contributed by atoms with van der Waals surface area (Å²) in [4.78, 5) is 0. The Morgan fingerprint density at radius 2 is 1.89 bits per heavy atom. The van der Waals surface area contributed by atoms with Crippen LogP contribution in [0.1, 0.15) is 49.0 Å². The molecule has 0 aromatic carbocycles. The summed E-state index contributed by atoms with van der Waals surface area (Å²) in [5.41, 5.74) is 0. The highest BCUT2D eigenvalue weighted by Crippen LogP contribution is 2.13. The monoisotopic (exact) mass is 271 g/mol. The Hall–Kier alpha value is -0.520. The number of methoxy groups -OCH3 is 1. The lowest BCUT2D eigenvalue weighted by molar-refractivity contribution is 0.199. The minimum Gasteiger partial charge on any atom is -0.383 e. The molecule has 1 N–H and O–H groups in total. The number of ether oxygens (including phenoxy) is 1. The molecule has 0 unspecified atom stereocenters. The molecular formula is C13H25N3OS. The minimum atomic E-state index is 0.739. The summed E-state index contributed by atoms with van der Waals surface area (Å²) in [6, 6.07) is 0. The van der Waals surface area contributed by atoms with Gasteiger partial charge >= 0.3 is 0 Å².